The fourth-order valence-electron chi connectivity index (χ4n) is 2.70. The largest absolute Gasteiger partial charge is 0.307 e. The predicted octanol–water partition coefficient (Wildman–Crippen LogP) is 1.39. The van der Waals surface area contributed by atoms with Crippen molar-refractivity contribution in [3.05, 3.63) is 42.6 Å². The van der Waals surface area contributed by atoms with Crippen molar-refractivity contribution < 1.29 is 9.24 Å². The summed E-state index contributed by atoms with van der Waals surface area (Å²) in [4.78, 5) is 0. The van der Waals surface area contributed by atoms with E-state index in [1.54, 1.807) is 6.20 Å². The molecule has 3 rings (SSSR count). The van der Waals surface area contributed by atoms with Gasteiger partial charge in [-0.1, -0.05) is 42.8 Å². The fourth-order valence-corrected chi connectivity index (χ4v) is 5.80. The van der Waals surface area contributed by atoms with E-state index in [9.17, 15) is 4.57 Å². The zero-order chi connectivity index (χ0) is 12.9. The maximum absolute atomic E-state index is 13.5. The van der Waals surface area contributed by atoms with Crippen molar-refractivity contribution in [1.82, 2.24) is 0 Å². The number of nitrogens with two attached hydrogens (primary N) is 1. The molecule has 0 fully saturated rings. The molecule has 0 spiro atoms. The molecule has 0 saturated heterocycles. The van der Waals surface area contributed by atoms with Crippen LogP contribution in [0.15, 0.2) is 42.6 Å². The van der Waals surface area contributed by atoms with Crippen molar-refractivity contribution in [3.8, 4) is 11.1 Å². The molecule has 2 heterocycles. The molecule has 4 heteroatoms. The molecule has 1 aromatic heterocycles. The lowest BCUT2D eigenvalue weighted by Gasteiger charge is -2.15. The second-order valence-electron chi connectivity index (χ2n) is 4.92. The first-order valence-corrected chi connectivity index (χ1v) is 7.84. The number of nitrogens with zero attached hydrogens (tertiary/aromatic N) is 1. The molecular weight excluding hydrogens is 243 g/mol. The van der Waals surface area contributed by atoms with Crippen LogP contribution < -0.4 is 21.3 Å². The summed E-state index contributed by atoms with van der Waals surface area (Å²) in [6.45, 7) is 4.00. The van der Waals surface area contributed by atoms with Crippen LogP contribution in [-0.4, -0.2) is 5.66 Å². The van der Waals surface area contributed by atoms with Crippen LogP contribution in [0.5, 0.6) is 0 Å². The average molecular weight is 259 g/mol. The van der Waals surface area contributed by atoms with Crippen LogP contribution >= 0.6 is 7.14 Å². The topological polar surface area (TPSA) is 47.0 Å². The van der Waals surface area contributed by atoms with Gasteiger partial charge in [-0.3, -0.25) is 0 Å². The third-order valence-electron chi connectivity index (χ3n) is 3.59. The van der Waals surface area contributed by atoms with Crippen LogP contribution in [0.2, 0.25) is 0 Å². The van der Waals surface area contributed by atoms with Crippen molar-refractivity contribution in [3.63, 3.8) is 0 Å². The van der Waals surface area contributed by atoms with E-state index in [1.165, 1.54) is 4.68 Å². The van der Waals surface area contributed by atoms with E-state index in [2.05, 4.69) is 0 Å². The van der Waals surface area contributed by atoms with Crippen LogP contribution in [0.4, 0.5) is 0 Å². The Bertz CT molecular complexity index is 679. The smallest absolute Gasteiger partial charge is 0.280 e. The molecular formula is C14H16N2OP+. The van der Waals surface area contributed by atoms with Gasteiger partial charge in [0.15, 0.2) is 6.20 Å². The van der Waals surface area contributed by atoms with Gasteiger partial charge in [0.25, 0.3) is 5.44 Å². The normalized spacial score (nSPS) is 20.8. The van der Waals surface area contributed by atoms with E-state index in [1.807, 2.05) is 50.2 Å². The summed E-state index contributed by atoms with van der Waals surface area (Å²) in [6, 6.07) is 11.8. The van der Waals surface area contributed by atoms with E-state index < -0.39 is 7.14 Å². The molecule has 18 heavy (non-hydrogen) atoms. The van der Waals surface area contributed by atoms with Gasteiger partial charge in [-0.2, -0.15) is 0 Å². The monoisotopic (exact) mass is 259 g/mol. The zero-order valence-electron chi connectivity index (χ0n) is 10.5. The Morgan fingerprint density at radius 2 is 1.78 bits per heavy atom. The third kappa shape index (κ3) is 1.25. The predicted molar refractivity (Wildman–Crippen MR) is 74.2 cm³/mol. The van der Waals surface area contributed by atoms with Crippen LogP contribution in [0, 0.1) is 0 Å². The first-order chi connectivity index (χ1) is 8.56. The standard InChI is InChI=1S/C14H16N2OP/c1-10(2)18(17)13-8-4-3-6-11(13)12-7-5-9-16(15)14(12)18/h3-10H,15H2,1-2H3/q+1. The Morgan fingerprint density at radius 1 is 1.11 bits per heavy atom. The summed E-state index contributed by atoms with van der Waals surface area (Å²) < 4.78 is 15.0. The number of aromatic nitrogens is 1. The SMILES string of the molecule is CC(C)P1(=O)c2ccccc2-c2ccc[n+](N)c21. The number of fused-ring (bicyclic) bond motifs is 3. The molecule has 2 aromatic rings. The molecule has 2 N–H and O–H groups in total. The molecule has 0 saturated carbocycles. The minimum atomic E-state index is -2.62. The van der Waals surface area contributed by atoms with Crippen molar-refractivity contribution >= 4 is 17.9 Å². The number of nitrogen functional groups attached to an aromatic ring is 1. The highest BCUT2D eigenvalue weighted by atomic mass is 31.2. The van der Waals surface area contributed by atoms with E-state index in [0.717, 1.165) is 21.9 Å². The lowest BCUT2D eigenvalue weighted by Crippen LogP contribution is -2.57. The van der Waals surface area contributed by atoms with Crippen molar-refractivity contribution in [2.45, 2.75) is 19.5 Å². The summed E-state index contributed by atoms with van der Waals surface area (Å²) in [5, 5.41) is 0.945. The lowest BCUT2D eigenvalue weighted by molar-refractivity contribution is -0.619. The van der Waals surface area contributed by atoms with Gasteiger partial charge in [-0.25, -0.2) is 5.84 Å². The van der Waals surface area contributed by atoms with Gasteiger partial charge in [0.05, 0.1) is 5.56 Å². The summed E-state index contributed by atoms with van der Waals surface area (Å²) >= 11 is 0. The molecule has 3 nitrogen and oxygen atoms in total. The third-order valence-corrected chi connectivity index (χ3v) is 7.25. The molecule has 1 atom stereocenters. The summed E-state index contributed by atoms with van der Waals surface area (Å²) in [5.41, 5.74) is 2.90. The van der Waals surface area contributed by atoms with Crippen LogP contribution in [0.3, 0.4) is 0 Å². The second kappa shape index (κ2) is 3.69. The Labute approximate surface area is 107 Å². The van der Waals surface area contributed by atoms with E-state index in [-0.39, 0.29) is 5.66 Å². The number of hydrogen-bond donors (Lipinski definition) is 1. The van der Waals surface area contributed by atoms with Gasteiger partial charge >= 0.3 is 0 Å². The first-order valence-electron chi connectivity index (χ1n) is 6.07. The highest BCUT2D eigenvalue weighted by Crippen LogP contribution is 2.54. The number of hydrogen-bond acceptors (Lipinski definition) is 2. The molecule has 0 aliphatic carbocycles. The Balaban J connectivity index is 2.47. The Kier molecular flexibility index (Phi) is 2.36. The Hall–Kier alpha value is -1.60. The fraction of sp³-hybridized carbons (Fsp3) is 0.214. The minimum absolute atomic E-state index is 0.0529. The molecule has 1 unspecified atom stereocenters. The molecule has 0 amide bonds. The summed E-state index contributed by atoms with van der Waals surface area (Å²) in [6.07, 6.45) is 1.76. The van der Waals surface area contributed by atoms with E-state index >= 15 is 0 Å². The van der Waals surface area contributed by atoms with Gasteiger partial charge < -0.3 is 4.57 Å². The maximum Gasteiger partial charge on any atom is 0.280 e. The van der Waals surface area contributed by atoms with Gasteiger partial charge in [0.1, 0.15) is 0 Å². The van der Waals surface area contributed by atoms with Gasteiger partial charge in [0.2, 0.25) is 7.14 Å². The zero-order valence-corrected chi connectivity index (χ0v) is 11.4. The molecule has 92 valence electrons. The van der Waals surface area contributed by atoms with Crippen molar-refractivity contribution in [2.75, 3.05) is 5.84 Å². The number of benzene rings is 1. The number of rotatable bonds is 1. The molecule has 1 aliphatic heterocycles. The van der Waals surface area contributed by atoms with Gasteiger partial charge in [-0.15, -0.1) is 0 Å². The molecule has 1 aliphatic rings. The van der Waals surface area contributed by atoms with Gasteiger partial charge in [-0.05, 0) is 11.6 Å². The Morgan fingerprint density at radius 3 is 2.50 bits per heavy atom. The number of pyridine rings is 1. The first kappa shape index (κ1) is 11.5. The molecule has 1 aromatic carbocycles. The van der Waals surface area contributed by atoms with E-state index in [4.69, 9.17) is 5.84 Å². The second-order valence-corrected chi connectivity index (χ2v) is 8.18. The van der Waals surface area contributed by atoms with Crippen LogP contribution in [-0.2, 0) is 4.57 Å². The average Bonchev–Trinajstić information content (AvgIpc) is 2.63. The maximum atomic E-state index is 13.5. The summed E-state index contributed by atoms with van der Waals surface area (Å²) in [5.74, 6) is 6.01. The summed E-state index contributed by atoms with van der Waals surface area (Å²) in [7, 11) is -2.62. The minimum Gasteiger partial charge on any atom is -0.307 e. The van der Waals surface area contributed by atoms with Crippen LogP contribution in [0.25, 0.3) is 11.1 Å². The lowest BCUT2D eigenvalue weighted by atomic mass is 10.1. The molecule has 0 bridgehead atoms. The van der Waals surface area contributed by atoms with Crippen molar-refractivity contribution in [1.29, 1.82) is 0 Å². The van der Waals surface area contributed by atoms with Gasteiger partial charge in [0, 0.05) is 17.0 Å². The quantitative estimate of drug-likeness (QED) is 0.478. The highest BCUT2D eigenvalue weighted by molar-refractivity contribution is 7.80. The highest BCUT2D eigenvalue weighted by Gasteiger charge is 2.48. The van der Waals surface area contributed by atoms with Crippen molar-refractivity contribution in [2.24, 2.45) is 0 Å². The van der Waals surface area contributed by atoms with E-state index in [0.29, 0.717) is 0 Å². The molecule has 0 radical (unpaired) electrons. The van der Waals surface area contributed by atoms with Crippen LogP contribution in [0.1, 0.15) is 13.8 Å².